The zero-order valence-electron chi connectivity index (χ0n) is 12.5. The Kier molecular flexibility index (Phi) is 4.57. The average molecular weight is 317 g/mol. The summed E-state index contributed by atoms with van der Waals surface area (Å²) in [7, 11) is 0. The van der Waals surface area contributed by atoms with Gasteiger partial charge in [-0.1, -0.05) is 36.4 Å². The molecule has 117 valence electrons. The normalized spacial score (nSPS) is 11.3. The van der Waals surface area contributed by atoms with Gasteiger partial charge in [-0.2, -0.15) is 10.2 Å². The summed E-state index contributed by atoms with van der Waals surface area (Å²) in [5, 5.41) is 35.8. The number of rotatable bonds is 4. The molecule has 3 rings (SSSR count). The maximum atomic E-state index is 10.0. The first kappa shape index (κ1) is 15.4. The summed E-state index contributed by atoms with van der Waals surface area (Å²) in [6.45, 7) is 0. The number of phenolic OH excluding ortho intramolecular Hbond substituents is 2. The third kappa shape index (κ3) is 3.61. The molecule has 0 aromatic heterocycles. The Balaban J connectivity index is 1.96. The van der Waals surface area contributed by atoms with Crippen molar-refractivity contribution in [3.8, 4) is 11.5 Å². The monoisotopic (exact) mass is 317 g/mol. The highest BCUT2D eigenvalue weighted by Gasteiger charge is 2.12. The molecule has 0 atom stereocenters. The van der Waals surface area contributed by atoms with Crippen molar-refractivity contribution in [2.24, 2.45) is 20.5 Å². The van der Waals surface area contributed by atoms with Crippen LogP contribution in [0.25, 0.3) is 0 Å². The summed E-state index contributed by atoms with van der Waals surface area (Å²) in [5.41, 5.74) is 1.42. The van der Waals surface area contributed by atoms with Crippen LogP contribution in [0.2, 0.25) is 0 Å². The minimum absolute atomic E-state index is 0.00136. The van der Waals surface area contributed by atoms with Gasteiger partial charge in [-0.3, -0.25) is 0 Å². The van der Waals surface area contributed by atoms with E-state index in [4.69, 9.17) is 0 Å². The first-order valence-corrected chi connectivity index (χ1v) is 7.14. The van der Waals surface area contributed by atoms with Gasteiger partial charge in [0.05, 0.1) is 11.4 Å². The Morgan fingerprint density at radius 2 is 1.21 bits per heavy atom. The molecule has 0 saturated heterocycles. The molecule has 0 aliphatic rings. The molecule has 6 heteroatoms. The van der Waals surface area contributed by atoms with Crippen molar-refractivity contribution >= 4 is 22.7 Å². The fourth-order valence-electron chi connectivity index (χ4n) is 1.88. The lowest BCUT2D eigenvalue weighted by atomic mass is 10.2. The van der Waals surface area contributed by atoms with Crippen molar-refractivity contribution < 1.29 is 10.2 Å². The summed E-state index contributed by atoms with van der Waals surface area (Å²) in [6, 6.07) is 22.1. The van der Waals surface area contributed by atoms with Crippen molar-refractivity contribution in [1.82, 2.24) is 0 Å². The van der Waals surface area contributed by atoms with E-state index < -0.39 is 5.75 Å². The van der Waals surface area contributed by atoms with Crippen molar-refractivity contribution in [1.29, 1.82) is 0 Å². The molecule has 0 fully saturated rings. The number of hydrogen-bond acceptors (Lipinski definition) is 6. The van der Waals surface area contributed by atoms with Crippen molar-refractivity contribution in [2.45, 2.75) is 0 Å². The highest BCUT2D eigenvalue weighted by Crippen LogP contribution is 2.43. The summed E-state index contributed by atoms with van der Waals surface area (Å²) >= 11 is 0. The van der Waals surface area contributed by atoms with Gasteiger partial charge in [-0.25, -0.2) is 0 Å². The first-order chi connectivity index (χ1) is 11.7. The minimum Gasteiger partial charge on any atom is -0.504 e. The van der Waals surface area contributed by atoms with Gasteiger partial charge in [0.25, 0.3) is 0 Å². The van der Waals surface area contributed by atoms with Gasteiger partial charge in [0.15, 0.2) is 17.2 Å². The lowest BCUT2D eigenvalue weighted by Crippen LogP contribution is -1.74. The second kappa shape index (κ2) is 7.15. The van der Waals surface area contributed by atoms with Crippen LogP contribution in [0.5, 0.6) is 11.5 Å². The zero-order valence-corrected chi connectivity index (χ0v) is 12.5. The van der Waals surface area contributed by atoms with E-state index >= 15 is 0 Å². The van der Waals surface area contributed by atoms with E-state index in [1.807, 2.05) is 36.4 Å². The molecular formula is C18H13N4O2. The van der Waals surface area contributed by atoms with Gasteiger partial charge in [0, 0.05) is 6.07 Å². The molecule has 3 aromatic rings. The smallest absolute Gasteiger partial charge is 0.188 e. The molecule has 0 heterocycles. The van der Waals surface area contributed by atoms with Crippen LogP contribution in [0.4, 0.5) is 22.7 Å². The fraction of sp³-hybridized carbons (Fsp3) is 0. The molecule has 0 amide bonds. The highest BCUT2D eigenvalue weighted by atomic mass is 16.3. The van der Waals surface area contributed by atoms with E-state index in [1.165, 1.54) is 6.07 Å². The maximum Gasteiger partial charge on any atom is 0.188 e. The van der Waals surface area contributed by atoms with E-state index in [0.29, 0.717) is 11.4 Å². The predicted octanol–water partition coefficient (Wildman–Crippen LogP) is 5.73. The van der Waals surface area contributed by atoms with Crippen LogP contribution in [0, 0.1) is 6.07 Å². The van der Waals surface area contributed by atoms with Gasteiger partial charge in [-0.05, 0) is 30.3 Å². The Bertz CT molecular complexity index is 878. The van der Waals surface area contributed by atoms with E-state index in [9.17, 15) is 10.2 Å². The molecule has 0 aliphatic carbocycles. The molecule has 0 bridgehead atoms. The molecule has 1 radical (unpaired) electrons. The highest BCUT2D eigenvalue weighted by molar-refractivity contribution is 5.72. The van der Waals surface area contributed by atoms with Gasteiger partial charge in [0.2, 0.25) is 0 Å². The van der Waals surface area contributed by atoms with Gasteiger partial charge in [-0.15, -0.1) is 10.2 Å². The van der Waals surface area contributed by atoms with E-state index in [1.54, 1.807) is 24.3 Å². The second-order valence-electron chi connectivity index (χ2n) is 4.79. The summed E-state index contributed by atoms with van der Waals surface area (Å²) in [6.07, 6.45) is 0. The van der Waals surface area contributed by atoms with Crippen LogP contribution in [0.3, 0.4) is 0 Å². The summed E-state index contributed by atoms with van der Waals surface area (Å²) < 4.78 is 0. The van der Waals surface area contributed by atoms with Crippen LogP contribution < -0.4 is 0 Å². The molecular weight excluding hydrogens is 304 g/mol. The average Bonchev–Trinajstić information content (AvgIpc) is 2.63. The van der Waals surface area contributed by atoms with E-state index in [0.717, 1.165) is 0 Å². The topological polar surface area (TPSA) is 89.9 Å². The largest absolute Gasteiger partial charge is 0.504 e. The first-order valence-electron chi connectivity index (χ1n) is 7.14. The standard InChI is InChI=1S/C18H13N4O2/c23-16-12-11-15(21-19-13-7-3-1-4-8-13)17(18(16)24)22-20-14-9-5-2-6-10-14/h1-10,12,23-24H. The van der Waals surface area contributed by atoms with Crippen LogP contribution in [-0.2, 0) is 0 Å². The zero-order chi connectivity index (χ0) is 16.8. The van der Waals surface area contributed by atoms with Gasteiger partial charge < -0.3 is 10.2 Å². The molecule has 2 N–H and O–H groups in total. The van der Waals surface area contributed by atoms with Crippen molar-refractivity contribution in [3.05, 3.63) is 72.8 Å². The van der Waals surface area contributed by atoms with Crippen molar-refractivity contribution in [2.75, 3.05) is 0 Å². The number of benzene rings is 3. The lowest BCUT2D eigenvalue weighted by Gasteiger charge is -2.03. The van der Waals surface area contributed by atoms with Crippen LogP contribution in [-0.4, -0.2) is 10.2 Å². The quantitative estimate of drug-likeness (QED) is 0.475. The Labute approximate surface area is 138 Å². The minimum atomic E-state index is -0.421. The second-order valence-corrected chi connectivity index (χ2v) is 4.79. The molecule has 0 spiro atoms. The molecule has 24 heavy (non-hydrogen) atoms. The number of phenols is 2. The molecule has 3 aromatic carbocycles. The third-order valence-corrected chi connectivity index (χ3v) is 3.08. The molecule has 0 aliphatic heterocycles. The lowest BCUT2D eigenvalue weighted by molar-refractivity contribution is 0.404. The van der Waals surface area contributed by atoms with Gasteiger partial charge in [0.1, 0.15) is 5.69 Å². The molecule has 0 saturated carbocycles. The van der Waals surface area contributed by atoms with E-state index in [-0.39, 0.29) is 17.1 Å². The number of azo groups is 2. The summed E-state index contributed by atoms with van der Waals surface area (Å²) in [5.74, 6) is -0.772. The Morgan fingerprint density at radius 3 is 1.79 bits per heavy atom. The predicted molar refractivity (Wildman–Crippen MR) is 89.8 cm³/mol. The SMILES string of the molecule is Oc1c[c]c(N=Nc2ccccc2)c(N=Nc2ccccc2)c1O. The molecule has 0 unspecified atom stereocenters. The van der Waals surface area contributed by atoms with Gasteiger partial charge >= 0.3 is 0 Å². The van der Waals surface area contributed by atoms with Crippen LogP contribution in [0.15, 0.2) is 87.2 Å². The van der Waals surface area contributed by atoms with Crippen LogP contribution in [0.1, 0.15) is 0 Å². The molecule has 6 nitrogen and oxygen atoms in total. The maximum absolute atomic E-state index is 10.0. The Hall–Kier alpha value is -3.54. The van der Waals surface area contributed by atoms with Crippen LogP contribution >= 0.6 is 0 Å². The number of hydrogen-bond donors (Lipinski definition) is 2. The third-order valence-electron chi connectivity index (χ3n) is 3.08. The fourth-order valence-corrected chi connectivity index (χ4v) is 1.88. The number of nitrogens with zero attached hydrogens (tertiary/aromatic N) is 4. The number of aromatic hydroxyl groups is 2. The Morgan fingerprint density at radius 1 is 0.667 bits per heavy atom. The van der Waals surface area contributed by atoms with E-state index in [2.05, 4.69) is 26.5 Å². The van der Waals surface area contributed by atoms with Crippen molar-refractivity contribution in [3.63, 3.8) is 0 Å². The summed E-state index contributed by atoms with van der Waals surface area (Å²) in [4.78, 5) is 0.